The predicted octanol–water partition coefficient (Wildman–Crippen LogP) is 5.58. The molecule has 1 aliphatic carbocycles. The van der Waals surface area contributed by atoms with E-state index in [0.29, 0.717) is 10.7 Å². The van der Waals surface area contributed by atoms with Gasteiger partial charge in [0.05, 0.1) is 22.3 Å². The Hall–Kier alpha value is -2.01. The Labute approximate surface area is 142 Å². The second-order valence-corrected chi connectivity index (χ2v) is 6.55. The standard InChI is InChI=1S/C18H14ClF3N2/c19-14-7-6-13(18(20,21)22)15-11-4-1-5-12(11)16(24-17(14)15)10-3-2-8-23-9-10/h1-4,6-9,11-12,16,24H,5H2/t11-,12+,16+/m1/s1. The van der Waals surface area contributed by atoms with Gasteiger partial charge in [0.25, 0.3) is 0 Å². The first-order valence-electron chi connectivity index (χ1n) is 7.69. The summed E-state index contributed by atoms with van der Waals surface area (Å²) in [4.78, 5) is 4.14. The summed E-state index contributed by atoms with van der Waals surface area (Å²) in [5.74, 6) is -0.289. The summed E-state index contributed by atoms with van der Waals surface area (Å²) < 4.78 is 40.4. The lowest BCUT2D eigenvalue weighted by Gasteiger charge is -2.39. The average Bonchev–Trinajstić information content (AvgIpc) is 3.04. The van der Waals surface area contributed by atoms with E-state index in [4.69, 9.17) is 11.6 Å². The number of hydrogen-bond donors (Lipinski definition) is 1. The molecule has 1 aromatic heterocycles. The molecule has 0 amide bonds. The number of hydrogen-bond acceptors (Lipinski definition) is 2. The molecular formula is C18H14ClF3N2. The third kappa shape index (κ3) is 2.38. The topological polar surface area (TPSA) is 24.9 Å². The van der Waals surface area contributed by atoms with E-state index < -0.39 is 11.7 Å². The molecule has 4 rings (SSSR count). The summed E-state index contributed by atoms with van der Waals surface area (Å²) in [6, 6.07) is 6.04. The van der Waals surface area contributed by atoms with Crippen molar-refractivity contribution in [1.82, 2.24) is 4.98 Å². The fourth-order valence-corrected chi connectivity index (χ4v) is 4.03. The Morgan fingerprint density at radius 3 is 2.75 bits per heavy atom. The van der Waals surface area contributed by atoms with E-state index in [1.165, 1.54) is 6.07 Å². The van der Waals surface area contributed by atoms with Gasteiger partial charge in [0.1, 0.15) is 0 Å². The molecule has 3 atom stereocenters. The van der Waals surface area contributed by atoms with E-state index in [1.54, 1.807) is 12.4 Å². The lowest BCUT2D eigenvalue weighted by Crippen LogP contribution is -2.31. The normalized spacial score (nSPS) is 25.1. The molecule has 0 radical (unpaired) electrons. The minimum absolute atomic E-state index is 0.0151. The molecule has 0 unspecified atom stereocenters. The van der Waals surface area contributed by atoms with Gasteiger partial charge in [-0.15, -0.1) is 0 Å². The molecule has 2 aliphatic rings. The number of benzene rings is 1. The highest BCUT2D eigenvalue weighted by atomic mass is 35.5. The third-order valence-corrected chi connectivity index (χ3v) is 5.13. The van der Waals surface area contributed by atoms with Crippen LogP contribution in [-0.2, 0) is 6.18 Å². The van der Waals surface area contributed by atoms with Crippen LogP contribution in [-0.4, -0.2) is 4.98 Å². The maximum atomic E-state index is 13.5. The molecule has 0 saturated heterocycles. The van der Waals surface area contributed by atoms with Gasteiger partial charge in [0.2, 0.25) is 0 Å². The van der Waals surface area contributed by atoms with Gasteiger partial charge in [0.15, 0.2) is 0 Å². The number of allylic oxidation sites excluding steroid dienone is 2. The van der Waals surface area contributed by atoms with Crippen molar-refractivity contribution < 1.29 is 13.2 Å². The van der Waals surface area contributed by atoms with Gasteiger partial charge in [-0.2, -0.15) is 13.2 Å². The lowest BCUT2D eigenvalue weighted by molar-refractivity contribution is -0.138. The molecule has 24 heavy (non-hydrogen) atoms. The molecular weight excluding hydrogens is 337 g/mol. The van der Waals surface area contributed by atoms with Crippen LogP contribution < -0.4 is 5.32 Å². The van der Waals surface area contributed by atoms with Crippen molar-refractivity contribution >= 4 is 17.3 Å². The molecule has 1 N–H and O–H groups in total. The van der Waals surface area contributed by atoms with Gasteiger partial charge in [-0.1, -0.05) is 29.8 Å². The van der Waals surface area contributed by atoms with Crippen LogP contribution in [0.4, 0.5) is 18.9 Å². The number of alkyl halides is 3. The number of rotatable bonds is 1. The number of halogens is 4. The highest BCUT2D eigenvalue weighted by molar-refractivity contribution is 6.33. The average molecular weight is 351 g/mol. The van der Waals surface area contributed by atoms with E-state index in [-0.39, 0.29) is 23.4 Å². The highest BCUT2D eigenvalue weighted by Crippen LogP contribution is 2.54. The highest BCUT2D eigenvalue weighted by Gasteiger charge is 2.44. The Bertz CT molecular complexity index is 802. The molecule has 2 heterocycles. The zero-order chi connectivity index (χ0) is 16.9. The Morgan fingerprint density at radius 1 is 1.21 bits per heavy atom. The second-order valence-electron chi connectivity index (χ2n) is 6.14. The van der Waals surface area contributed by atoms with Crippen molar-refractivity contribution in [3.8, 4) is 0 Å². The molecule has 2 aromatic rings. The van der Waals surface area contributed by atoms with Crippen molar-refractivity contribution in [2.75, 3.05) is 5.32 Å². The SMILES string of the molecule is FC(F)(F)c1ccc(Cl)c2c1[C@@H]1C=CC[C@@H]1[C@H](c1cccnc1)N2. The Morgan fingerprint density at radius 2 is 2.04 bits per heavy atom. The van der Waals surface area contributed by atoms with Crippen LogP contribution in [0.2, 0.25) is 5.02 Å². The van der Waals surface area contributed by atoms with E-state index in [9.17, 15) is 13.2 Å². The molecule has 0 bridgehead atoms. The summed E-state index contributed by atoms with van der Waals surface area (Å²) in [5.41, 5.74) is 0.984. The third-order valence-electron chi connectivity index (χ3n) is 4.82. The zero-order valence-corrected chi connectivity index (χ0v) is 13.3. The Balaban J connectivity index is 1.89. The zero-order valence-electron chi connectivity index (χ0n) is 12.5. The number of pyridine rings is 1. The minimum atomic E-state index is -4.40. The van der Waals surface area contributed by atoms with Crippen LogP contribution in [0.25, 0.3) is 0 Å². The van der Waals surface area contributed by atoms with E-state index in [1.807, 2.05) is 24.3 Å². The summed E-state index contributed by atoms with van der Waals surface area (Å²) >= 11 is 6.24. The quantitative estimate of drug-likeness (QED) is 0.679. The van der Waals surface area contributed by atoms with Gasteiger partial charge >= 0.3 is 6.18 Å². The van der Waals surface area contributed by atoms with Gasteiger partial charge in [-0.05, 0) is 41.7 Å². The monoisotopic (exact) mass is 350 g/mol. The minimum Gasteiger partial charge on any atom is -0.376 e. The summed E-state index contributed by atoms with van der Waals surface area (Å²) in [6.45, 7) is 0. The van der Waals surface area contributed by atoms with Crippen molar-refractivity contribution in [2.24, 2.45) is 5.92 Å². The fraction of sp³-hybridized carbons (Fsp3) is 0.278. The summed E-state index contributed by atoms with van der Waals surface area (Å²) in [7, 11) is 0. The summed E-state index contributed by atoms with van der Waals surface area (Å²) in [6.07, 6.45) is 3.58. The molecule has 1 aliphatic heterocycles. The maximum Gasteiger partial charge on any atom is 0.416 e. The van der Waals surface area contributed by atoms with Gasteiger partial charge in [-0.25, -0.2) is 0 Å². The number of nitrogens with one attached hydrogen (secondary N) is 1. The van der Waals surface area contributed by atoms with Crippen molar-refractivity contribution in [3.63, 3.8) is 0 Å². The first kappa shape index (κ1) is 15.5. The fourth-order valence-electron chi connectivity index (χ4n) is 3.81. The molecule has 2 nitrogen and oxygen atoms in total. The summed E-state index contributed by atoms with van der Waals surface area (Å²) in [5, 5.41) is 3.56. The molecule has 124 valence electrons. The first-order valence-corrected chi connectivity index (χ1v) is 8.07. The largest absolute Gasteiger partial charge is 0.416 e. The molecule has 0 spiro atoms. The Kier molecular flexibility index (Phi) is 3.57. The van der Waals surface area contributed by atoms with Crippen LogP contribution in [0.5, 0.6) is 0 Å². The van der Waals surface area contributed by atoms with Crippen LogP contribution in [0.15, 0.2) is 48.8 Å². The van der Waals surface area contributed by atoms with Crippen molar-refractivity contribution in [2.45, 2.75) is 24.6 Å². The predicted molar refractivity (Wildman–Crippen MR) is 87.0 cm³/mol. The van der Waals surface area contributed by atoms with Gasteiger partial charge in [0, 0.05) is 18.3 Å². The number of anilines is 1. The van der Waals surface area contributed by atoms with Gasteiger partial charge in [-0.3, -0.25) is 4.98 Å². The van der Waals surface area contributed by atoms with Crippen molar-refractivity contribution in [3.05, 3.63) is 70.5 Å². The van der Waals surface area contributed by atoms with Crippen LogP contribution in [0, 0.1) is 5.92 Å². The maximum absolute atomic E-state index is 13.5. The smallest absolute Gasteiger partial charge is 0.376 e. The van der Waals surface area contributed by atoms with E-state index in [0.717, 1.165) is 18.1 Å². The molecule has 0 saturated carbocycles. The van der Waals surface area contributed by atoms with Gasteiger partial charge < -0.3 is 5.32 Å². The van der Waals surface area contributed by atoms with Crippen LogP contribution in [0.3, 0.4) is 0 Å². The number of aromatic nitrogens is 1. The second kappa shape index (κ2) is 5.52. The number of nitrogens with zero attached hydrogens (tertiary/aromatic N) is 1. The van der Waals surface area contributed by atoms with E-state index in [2.05, 4.69) is 10.3 Å². The number of fused-ring (bicyclic) bond motifs is 3. The first-order chi connectivity index (χ1) is 11.5. The molecule has 0 fully saturated rings. The van der Waals surface area contributed by atoms with Crippen LogP contribution in [0.1, 0.15) is 35.1 Å². The van der Waals surface area contributed by atoms with E-state index >= 15 is 0 Å². The molecule has 6 heteroatoms. The molecule has 1 aromatic carbocycles. The van der Waals surface area contributed by atoms with Crippen molar-refractivity contribution in [1.29, 1.82) is 0 Å². The van der Waals surface area contributed by atoms with Crippen LogP contribution >= 0.6 is 11.6 Å². The lowest BCUT2D eigenvalue weighted by atomic mass is 9.75.